The maximum Gasteiger partial charge on any atom is 0.260 e. The van der Waals surface area contributed by atoms with E-state index >= 15 is 0 Å². The van der Waals surface area contributed by atoms with E-state index in [4.69, 9.17) is 4.42 Å². The monoisotopic (exact) mass is 351 g/mol. The molecule has 0 aromatic carbocycles. The molecule has 0 unspecified atom stereocenters. The Morgan fingerprint density at radius 3 is 3.10 bits per heavy atom. The van der Waals surface area contributed by atoms with E-state index in [-0.39, 0.29) is 5.91 Å². The van der Waals surface area contributed by atoms with Crippen LogP contribution in [-0.4, -0.2) is 15.7 Å². The van der Waals surface area contributed by atoms with Crippen molar-refractivity contribution >= 4 is 39.0 Å². The van der Waals surface area contributed by atoms with Gasteiger partial charge in [-0.3, -0.25) is 4.79 Å². The maximum absolute atomic E-state index is 12.0. The first-order valence-electron chi connectivity index (χ1n) is 5.82. The fourth-order valence-electron chi connectivity index (χ4n) is 1.73. The molecule has 0 aliphatic carbocycles. The van der Waals surface area contributed by atoms with E-state index in [0.29, 0.717) is 22.6 Å². The Labute approximate surface area is 127 Å². The molecule has 3 aromatic heterocycles. The average Bonchev–Trinajstić information content (AvgIpc) is 3.13. The van der Waals surface area contributed by atoms with Gasteiger partial charge in [0.2, 0.25) is 0 Å². The summed E-state index contributed by atoms with van der Waals surface area (Å²) in [5.74, 6) is 0.424. The van der Waals surface area contributed by atoms with Gasteiger partial charge in [0.1, 0.15) is 12.1 Å². The van der Waals surface area contributed by atoms with Crippen molar-refractivity contribution in [3.8, 4) is 0 Å². The van der Waals surface area contributed by atoms with Gasteiger partial charge in [-0.05, 0) is 27.4 Å². The Balaban J connectivity index is 1.75. The third-order valence-electron chi connectivity index (χ3n) is 2.67. The number of nitrogens with zero attached hydrogens (tertiary/aromatic N) is 2. The van der Waals surface area contributed by atoms with Crippen molar-refractivity contribution in [3.05, 3.63) is 57.2 Å². The molecule has 3 aromatic rings. The quantitative estimate of drug-likeness (QED) is 0.781. The number of hydrogen-bond donors (Lipinski definition) is 1. The first-order valence-corrected chi connectivity index (χ1v) is 7.49. The van der Waals surface area contributed by atoms with E-state index in [0.717, 1.165) is 0 Å². The molecular weight excluding hydrogens is 342 g/mol. The Hall–Kier alpha value is -1.86. The summed E-state index contributed by atoms with van der Waals surface area (Å²) in [6.45, 7) is 0.634. The highest BCUT2D eigenvalue weighted by Crippen LogP contribution is 2.17. The van der Waals surface area contributed by atoms with Crippen molar-refractivity contribution < 1.29 is 9.21 Å². The molecule has 7 heteroatoms. The third-order valence-corrected chi connectivity index (χ3v) is 3.95. The van der Waals surface area contributed by atoms with Gasteiger partial charge in [-0.15, -0.1) is 11.3 Å². The number of thiophene rings is 1. The van der Waals surface area contributed by atoms with Gasteiger partial charge in [0.15, 0.2) is 4.67 Å². The number of hydrogen-bond acceptors (Lipinski definition) is 4. The highest BCUT2D eigenvalue weighted by Gasteiger charge is 2.12. The smallest absolute Gasteiger partial charge is 0.260 e. The van der Waals surface area contributed by atoms with Crippen LogP contribution in [0.2, 0.25) is 0 Å². The van der Waals surface area contributed by atoms with Crippen LogP contribution in [0.4, 0.5) is 5.82 Å². The fourth-order valence-corrected chi connectivity index (χ4v) is 2.76. The number of rotatable bonds is 4. The van der Waals surface area contributed by atoms with Crippen LogP contribution in [0.15, 0.2) is 51.2 Å². The minimum absolute atomic E-state index is 0.229. The van der Waals surface area contributed by atoms with Gasteiger partial charge in [0.25, 0.3) is 5.91 Å². The standard InChI is InChI=1S/C13H10BrN3O2S/c14-11-6-9(8-19-11)13(18)16-12-3-4-15-17(12)7-10-2-1-5-20-10/h1-6,8H,7H2,(H,16,18). The van der Waals surface area contributed by atoms with E-state index in [2.05, 4.69) is 26.3 Å². The topological polar surface area (TPSA) is 60.1 Å². The summed E-state index contributed by atoms with van der Waals surface area (Å²) >= 11 is 4.82. The number of halogens is 1. The second kappa shape index (κ2) is 5.64. The predicted octanol–water partition coefficient (Wildman–Crippen LogP) is 3.60. The van der Waals surface area contributed by atoms with Crippen molar-refractivity contribution in [2.24, 2.45) is 0 Å². The molecule has 102 valence electrons. The number of carbonyl (C=O) groups excluding carboxylic acids is 1. The van der Waals surface area contributed by atoms with Gasteiger partial charge in [0, 0.05) is 17.0 Å². The van der Waals surface area contributed by atoms with E-state index < -0.39 is 0 Å². The minimum atomic E-state index is -0.229. The molecule has 0 bridgehead atoms. The second-order valence-electron chi connectivity index (χ2n) is 4.05. The molecule has 0 fully saturated rings. The van der Waals surface area contributed by atoms with Crippen LogP contribution in [-0.2, 0) is 6.54 Å². The number of aromatic nitrogens is 2. The molecule has 3 heterocycles. The summed E-state index contributed by atoms with van der Waals surface area (Å²) in [5.41, 5.74) is 0.459. The molecule has 0 spiro atoms. The lowest BCUT2D eigenvalue weighted by Gasteiger charge is -2.07. The zero-order chi connectivity index (χ0) is 13.9. The van der Waals surface area contributed by atoms with Gasteiger partial charge < -0.3 is 9.73 Å². The molecule has 0 aliphatic rings. The molecule has 5 nitrogen and oxygen atoms in total. The lowest BCUT2D eigenvalue weighted by atomic mass is 10.3. The molecule has 0 saturated heterocycles. The molecule has 0 aliphatic heterocycles. The largest absolute Gasteiger partial charge is 0.457 e. The normalized spacial score (nSPS) is 10.7. The fraction of sp³-hybridized carbons (Fsp3) is 0.0769. The number of nitrogens with one attached hydrogen (secondary N) is 1. The predicted molar refractivity (Wildman–Crippen MR) is 80.0 cm³/mol. The van der Waals surface area contributed by atoms with Crippen LogP contribution in [0.25, 0.3) is 0 Å². The third kappa shape index (κ3) is 2.83. The van der Waals surface area contributed by atoms with E-state index in [1.807, 2.05) is 17.5 Å². The molecule has 1 N–H and O–H groups in total. The summed E-state index contributed by atoms with van der Waals surface area (Å²) in [5, 5.41) is 9.05. The molecule has 20 heavy (non-hydrogen) atoms. The van der Waals surface area contributed by atoms with Gasteiger partial charge in [-0.1, -0.05) is 6.07 Å². The molecule has 0 atom stereocenters. The van der Waals surface area contributed by atoms with Crippen LogP contribution in [0.5, 0.6) is 0 Å². The second-order valence-corrected chi connectivity index (χ2v) is 5.86. The zero-order valence-corrected chi connectivity index (χ0v) is 12.6. The lowest BCUT2D eigenvalue weighted by Crippen LogP contribution is -2.15. The van der Waals surface area contributed by atoms with Crippen LogP contribution < -0.4 is 5.32 Å². The van der Waals surface area contributed by atoms with E-state index in [9.17, 15) is 4.79 Å². The number of furan rings is 1. The Morgan fingerprint density at radius 2 is 2.40 bits per heavy atom. The first-order chi connectivity index (χ1) is 9.72. The zero-order valence-electron chi connectivity index (χ0n) is 10.2. The summed E-state index contributed by atoms with van der Waals surface area (Å²) in [6.07, 6.45) is 3.06. The number of amides is 1. The van der Waals surface area contributed by atoms with E-state index in [1.165, 1.54) is 11.1 Å². The van der Waals surface area contributed by atoms with Crippen LogP contribution in [0.1, 0.15) is 15.2 Å². The summed E-state index contributed by atoms with van der Waals surface area (Å²) < 4.78 is 7.33. The van der Waals surface area contributed by atoms with Crippen molar-refractivity contribution in [1.82, 2.24) is 9.78 Å². The van der Waals surface area contributed by atoms with Crippen LogP contribution in [0.3, 0.4) is 0 Å². The SMILES string of the molecule is O=C(Nc1ccnn1Cc1cccs1)c1coc(Br)c1. The molecule has 0 saturated carbocycles. The van der Waals surface area contributed by atoms with Crippen LogP contribution >= 0.6 is 27.3 Å². The van der Waals surface area contributed by atoms with Crippen molar-refractivity contribution in [2.45, 2.75) is 6.54 Å². The minimum Gasteiger partial charge on any atom is -0.457 e. The van der Waals surface area contributed by atoms with Crippen molar-refractivity contribution in [3.63, 3.8) is 0 Å². The van der Waals surface area contributed by atoms with Crippen LogP contribution in [0, 0.1) is 0 Å². The summed E-state index contributed by atoms with van der Waals surface area (Å²) in [4.78, 5) is 13.2. The van der Waals surface area contributed by atoms with Crippen molar-refractivity contribution in [2.75, 3.05) is 5.32 Å². The molecular formula is C13H10BrN3O2S. The number of carbonyl (C=O) groups is 1. The van der Waals surface area contributed by atoms with Crippen molar-refractivity contribution in [1.29, 1.82) is 0 Å². The Bertz CT molecular complexity index is 718. The Morgan fingerprint density at radius 1 is 1.50 bits per heavy atom. The first kappa shape index (κ1) is 13.1. The Kier molecular flexibility index (Phi) is 3.70. The summed E-state index contributed by atoms with van der Waals surface area (Å²) in [7, 11) is 0. The maximum atomic E-state index is 12.0. The van der Waals surface area contributed by atoms with Gasteiger partial charge >= 0.3 is 0 Å². The highest BCUT2D eigenvalue weighted by molar-refractivity contribution is 9.10. The average molecular weight is 352 g/mol. The molecule has 3 rings (SSSR count). The van der Waals surface area contributed by atoms with Gasteiger partial charge in [-0.25, -0.2) is 4.68 Å². The summed E-state index contributed by atoms with van der Waals surface area (Å²) in [6, 6.07) is 7.41. The van der Waals surface area contributed by atoms with E-state index in [1.54, 1.807) is 34.3 Å². The van der Waals surface area contributed by atoms with Gasteiger partial charge in [0.05, 0.1) is 18.3 Å². The number of anilines is 1. The molecule has 1 amide bonds. The lowest BCUT2D eigenvalue weighted by molar-refractivity contribution is 0.102. The van der Waals surface area contributed by atoms with Gasteiger partial charge in [-0.2, -0.15) is 5.10 Å². The molecule has 0 radical (unpaired) electrons. The highest BCUT2D eigenvalue weighted by atomic mass is 79.9.